The van der Waals surface area contributed by atoms with Crippen molar-refractivity contribution in [2.45, 2.75) is 6.92 Å². The molecule has 0 aromatic carbocycles. The third-order valence-electron chi connectivity index (χ3n) is 0.898. The highest BCUT2D eigenvalue weighted by molar-refractivity contribution is 7.75. The number of carbonyl (C=O) groups is 1. The Morgan fingerprint density at radius 1 is 1.42 bits per heavy atom. The Bertz CT molecular complexity index is 161. The van der Waals surface area contributed by atoms with Crippen molar-refractivity contribution in [2.75, 3.05) is 13.2 Å². The van der Waals surface area contributed by atoms with E-state index >= 15 is 0 Å². The molecule has 1 heterocycles. The molecule has 1 aliphatic rings. The van der Waals surface area contributed by atoms with Crippen LogP contribution in [0.4, 0.5) is 4.79 Å². The maximum absolute atomic E-state index is 10.3. The summed E-state index contributed by atoms with van der Waals surface area (Å²) in [6.07, 6.45) is 0. The largest absolute Gasteiger partial charge is 0.313 e. The van der Waals surface area contributed by atoms with Crippen LogP contribution in [0.25, 0.3) is 0 Å². The van der Waals surface area contributed by atoms with E-state index in [2.05, 4.69) is 31.6 Å². The summed E-state index contributed by atoms with van der Waals surface area (Å²) >= 11 is 7.34. The fourth-order valence-corrected chi connectivity index (χ4v) is 1.18. The molecule has 0 aromatic rings. The Morgan fingerprint density at radius 3 is 2.00 bits per heavy atom. The summed E-state index contributed by atoms with van der Waals surface area (Å²) in [6, 6.07) is 0. The van der Waals surface area contributed by atoms with E-state index in [1.54, 1.807) is 0 Å². The molecule has 4 nitrogen and oxygen atoms in total. The minimum absolute atomic E-state index is 0.382. The molecule has 0 amide bonds. The Labute approximate surface area is 83.0 Å². The first kappa shape index (κ1) is 12.3. The van der Waals surface area contributed by atoms with Crippen LogP contribution in [-0.2, 0) is 19.7 Å². The molecule has 0 spiro atoms. The summed E-state index contributed by atoms with van der Waals surface area (Å²) in [7, 11) is 0. The van der Waals surface area contributed by atoms with Crippen molar-refractivity contribution < 1.29 is 17.4 Å². The smallest absolute Gasteiger partial charge is 0.268 e. The zero-order valence-electron chi connectivity index (χ0n) is 6.29. The maximum atomic E-state index is 10.3. The van der Waals surface area contributed by atoms with Crippen LogP contribution in [0.2, 0.25) is 0 Å². The van der Waals surface area contributed by atoms with Crippen LogP contribution in [0.15, 0.2) is 0 Å². The van der Waals surface area contributed by atoms with Crippen molar-refractivity contribution in [1.29, 1.82) is 0 Å². The monoisotopic (exact) mass is 234 g/mol. The van der Waals surface area contributed by atoms with Gasteiger partial charge in [0.1, 0.15) is 0 Å². The molecule has 1 aliphatic heterocycles. The van der Waals surface area contributed by atoms with Gasteiger partial charge in [0.05, 0.1) is 13.2 Å². The normalized spacial score (nSPS) is 28.6. The van der Waals surface area contributed by atoms with Gasteiger partial charge in [-0.05, 0) is 23.2 Å². The zero-order valence-corrected chi connectivity index (χ0v) is 8.62. The highest BCUT2D eigenvalue weighted by Gasteiger charge is 2.14. The molecule has 1 fully saturated rings. The summed E-state index contributed by atoms with van der Waals surface area (Å²) < 4.78 is 18.7. The van der Waals surface area contributed by atoms with Crippen LogP contribution in [0.5, 0.6) is 0 Å². The minimum atomic E-state index is -1.46. The molecular weight excluding hydrogens is 227 g/mol. The number of carbonyl (C=O) groups excluding carboxylic acids is 1. The zero-order chi connectivity index (χ0) is 9.56. The lowest BCUT2D eigenvalue weighted by Crippen LogP contribution is -2.21. The fraction of sp³-hybridized carbons (Fsp3) is 0.800. The van der Waals surface area contributed by atoms with Crippen LogP contribution in [0, 0.1) is 5.92 Å². The van der Waals surface area contributed by atoms with Gasteiger partial charge in [-0.2, -0.15) is 4.21 Å². The molecule has 0 radical (unpaired) electrons. The highest BCUT2D eigenvalue weighted by Crippen LogP contribution is 2.06. The van der Waals surface area contributed by atoms with Gasteiger partial charge in [0, 0.05) is 5.92 Å². The first-order valence-corrected chi connectivity index (χ1v) is 4.81. The molecule has 1 saturated heterocycles. The van der Waals surface area contributed by atoms with Gasteiger partial charge in [0.25, 0.3) is 0 Å². The summed E-state index contributed by atoms with van der Waals surface area (Å²) in [6.45, 7) is 3.08. The molecule has 72 valence electrons. The summed E-state index contributed by atoms with van der Waals surface area (Å²) in [4.78, 5) is 8.98. The van der Waals surface area contributed by atoms with E-state index in [0.717, 1.165) is 0 Å². The second kappa shape index (κ2) is 6.80. The van der Waals surface area contributed by atoms with Crippen molar-refractivity contribution in [3.05, 3.63) is 0 Å². The van der Waals surface area contributed by atoms with Gasteiger partial charge >= 0.3 is 16.1 Å². The first-order chi connectivity index (χ1) is 5.52. The second-order valence-electron chi connectivity index (χ2n) is 2.10. The van der Waals surface area contributed by atoms with Crippen LogP contribution < -0.4 is 0 Å². The summed E-state index contributed by atoms with van der Waals surface area (Å²) in [5, 5.41) is 0. The van der Waals surface area contributed by atoms with E-state index in [1.165, 1.54) is 0 Å². The Morgan fingerprint density at radius 2 is 1.75 bits per heavy atom. The molecular formula is C5H8Cl2O4S. The SMILES string of the molecule is CC1COS(=O)OC1.O=C(Cl)Cl. The van der Waals surface area contributed by atoms with Crippen molar-refractivity contribution in [3.63, 3.8) is 0 Å². The van der Waals surface area contributed by atoms with Gasteiger partial charge in [-0.25, -0.2) is 0 Å². The van der Waals surface area contributed by atoms with Gasteiger partial charge in [-0.3, -0.25) is 13.2 Å². The van der Waals surface area contributed by atoms with Crippen LogP contribution >= 0.6 is 23.2 Å². The molecule has 0 saturated carbocycles. The lowest BCUT2D eigenvalue weighted by molar-refractivity contribution is 0.134. The average Bonchev–Trinajstić information content (AvgIpc) is 1.94. The van der Waals surface area contributed by atoms with Crippen LogP contribution in [0.3, 0.4) is 0 Å². The van der Waals surface area contributed by atoms with Crippen LogP contribution in [0.1, 0.15) is 6.92 Å². The van der Waals surface area contributed by atoms with Crippen molar-refractivity contribution in [2.24, 2.45) is 5.92 Å². The third-order valence-corrected chi connectivity index (χ3v) is 1.55. The predicted molar refractivity (Wildman–Crippen MR) is 46.3 cm³/mol. The van der Waals surface area contributed by atoms with E-state index in [1.807, 2.05) is 6.92 Å². The van der Waals surface area contributed by atoms with E-state index in [4.69, 9.17) is 4.79 Å². The molecule has 0 aliphatic carbocycles. The van der Waals surface area contributed by atoms with E-state index in [9.17, 15) is 4.21 Å². The van der Waals surface area contributed by atoms with Gasteiger partial charge < -0.3 is 0 Å². The lowest BCUT2D eigenvalue weighted by atomic mass is 10.2. The number of hydrogen-bond acceptors (Lipinski definition) is 4. The van der Waals surface area contributed by atoms with Gasteiger partial charge in [-0.1, -0.05) is 6.92 Å². The average molecular weight is 235 g/mol. The minimum Gasteiger partial charge on any atom is -0.268 e. The van der Waals surface area contributed by atoms with Crippen molar-refractivity contribution in [3.8, 4) is 0 Å². The maximum Gasteiger partial charge on any atom is 0.313 e. The van der Waals surface area contributed by atoms with E-state index < -0.39 is 16.1 Å². The topological polar surface area (TPSA) is 52.6 Å². The van der Waals surface area contributed by atoms with Gasteiger partial charge in [-0.15, -0.1) is 0 Å². The second-order valence-corrected chi connectivity index (χ2v) is 3.86. The van der Waals surface area contributed by atoms with Crippen molar-refractivity contribution in [1.82, 2.24) is 0 Å². The van der Waals surface area contributed by atoms with Gasteiger partial charge in [0.2, 0.25) is 0 Å². The number of halogens is 2. The molecule has 0 aromatic heterocycles. The molecule has 1 rings (SSSR count). The van der Waals surface area contributed by atoms with E-state index in [0.29, 0.717) is 19.1 Å². The van der Waals surface area contributed by atoms with Gasteiger partial charge in [0.15, 0.2) is 0 Å². The summed E-state index contributed by atoms with van der Waals surface area (Å²) in [5.41, 5.74) is 0. The molecule has 0 atom stereocenters. The lowest BCUT2D eigenvalue weighted by Gasteiger charge is -2.15. The van der Waals surface area contributed by atoms with E-state index in [-0.39, 0.29) is 0 Å². The molecule has 0 unspecified atom stereocenters. The first-order valence-electron chi connectivity index (χ1n) is 3.05. The summed E-state index contributed by atoms with van der Waals surface area (Å²) in [5.74, 6) is 0.382. The number of rotatable bonds is 0. The highest BCUT2D eigenvalue weighted by atomic mass is 35.5. The molecule has 0 bridgehead atoms. The third kappa shape index (κ3) is 8.42. The van der Waals surface area contributed by atoms with Crippen molar-refractivity contribution >= 4 is 39.3 Å². The standard InChI is InChI=1S/C4H8O3S.CCl2O/c1-4-2-6-8(5)7-3-4;2-1(3)4/h4H,2-3H2,1H3;. The Hall–Kier alpha value is 0.320. The molecule has 7 heteroatoms. The van der Waals surface area contributed by atoms with Crippen LogP contribution in [-0.4, -0.2) is 22.1 Å². The quantitative estimate of drug-likeness (QED) is 0.601. The molecule has 12 heavy (non-hydrogen) atoms. The predicted octanol–water partition coefficient (Wildman–Crippen LogP) is 1.83. The number of hydrogen-bond donors (Lipinski definition) is 0. The fourth-order valence-electron chi connectivity index (χ4n) is 0.426. The Kier molecular flexibility index (Phi) is 6.98. The molecule has 0 N–H and O–H groups in total. The Balaban J connectivity index is 0.000000261.